The van der Waals surface area contributed by atoms with Crippen molar-refractivity contribution in [2.75, 3.05) is 6.61 Å². The topological polar surface area (TPSA) is 30.5 Å². The lowest BCUT2D eigenvalue weighted by atomic mass is 10.2. The van der Waals surface area contributed by atoms with Crippen LogP contribution in [0.1, 0.15) is 22.9 Å². The third kappa shape index (κ3) is 6.21. The summed E-state index contributed by atoms with van der Waals surface area (Å²) in [5.41, 5.74) is 1.59. The number of hydrogen-bond acceptors (Lipinski definition) is 4. The molecular formula is C21H22BrClFNO2S. The van der Waals surface area contributed by atoms with E-state index in [4.69, 9.17) is 9.47 Å². The molecule has 0 spiro atoms. The third-order valence-electron chi connectivity index (χ3n) is 3.91. The Morgan fingerprint density at radius 1 is 1.07 bits per heavy atom. The highest BCUT2D eigenvalue weighted by Crippen LogP contribution is 2.37. The number of hydrogen-bond donors (Lipinski definition) is 1. The zero-order chi connectivity index (χ0) is 19.1. The first kappa shape index (κ1) is 22.7. The van der Waals surface area contributed by atoms with E-state index < -0.39 is 0 Å². The van der Waals surface area contributed by atoms with Crippen LogP contribution in [0.25, 0.3) is 0 Å². The van der Waals surface area contributed by atoms with Crippen LogP contribution in [0.3, 0.4) is 0 Å². The van der Waals surface area contributed by atoms with Crippen LogP contribution in [0, 0.1) is 5.82 Å². The fraction of sp³-hybridized carbons (Fsp3) is 0.238. The summed E-state index contributed by atoms with van der Waals surface area (Å²) in [5.74, 6) is 0.958. The third-order valence-corrected chi connectivity index (χ3v) is 5.37. The molecule has 0 bridgehead atoms. The molecule has 3 nitrogen and oxygen atoms in total. The highest BCUT2D eigenvalue weighted by Gasteiger charge is 2.13. The Kier molecular flexibility index (Phi) is 9.25. The molecule has 0 saturated carbocycles. The minimum absolute atomic E-state index is 0. The van der Waals surface area contributed by atoms with Crippen LogP contribution in [0.5, 0.6) is 11.5 Å². The fourth-order valence-corrected chi connectivity index (χ4v) is 3.91. The number of benzene rings is 2. The van der Waals surface area contributed by atoms with E-state index in [2.05, 4.69) is 32.7 Å². The predicted octanol–water partition coefficient (Wildman–Crippen LogP) is 6.34. The minimum atomic E-state index is -0.277. The predicted molar refractivity (Wildman–Crippen MR) is 118 cm³/mol. The SMILES string of the molecule is CCOc1cc(CNCc2cccs2)cc(Br)c1OCc1ccccc1F.Cl. The van der Waals surface area contributed by atoms with Crippen molar-refractivity contribution in [2.24, 2.45) is 0 Å². The molecule has 0 aliphatic rings. The fourth-order valence-electron chi connectivity index (χ4n) is 2.64. The van der Waals surface area contributed by atoms with Crippen LogP contribution < -0.4 is 14.8 Å². The van der Waals surface area contributed by atoms with E-state index in [9.17, 15) is 4.39 Å². The van der Waals surface area contributed by atoms with Gasteiger partial charge in [-0.2, -0.15) is 0 Å². The van der Waals surface area contributed by atoms with Gasteiger partial charge >= 0.3 is 0 Å². The maximum absolute atomic E-state index is 13.8. The lowest BCUT2D eigenvalue weighted by Crippen LogP contribution is -2.12. The molecule has 0 saturated heterocycles. The molecule has 0 atom stereocenters. The van der Waals surface area contributed by atoms with Gasteiger partial charge in [0.1, 0.15) is 12.4 Å². The molecule has 1 heterocycles. The van der Waals surface area contributed by atoms with Crippen molar-refractivity contribution in [1.29, 1.82) is 0 Å². The number of nitrogens with one attached hydrogen (secondary N) is 1. The lowest BCUT2D eigenvalue weighted by molar-refractivity contribution is 0.264. The standard InChI is InChI=1S/C21H21BrFNO2S.ClH/c1-2-25-20-11-15(12-24-13-17-7-5-9-27-17)10-18(22)21(20)26-14-16-6-3-4-8-19(16)23;/h3-11,24H,2,12-14H2,1H3;1H. The van der Waals surface area contributed by atoms with E-state index in [-0.39, 0.29) is 24.8 Å². The monoisotopic (exact) mass is 485 g/mol. The van der Waals surface area contributed by atoms with Crippen LogP contribution in [-0.2, 0) is 19.7 Å². The largest absolute Gasteiger partial charge is 0.490 e. The molecule has 1 aromatic heterocycles. The summed E-state index contributed by atoms with van der Waals surface area (Å²) in [6.45, 7) is 4.13. The molecule has 3 rings (SSSR count). The zero-order valence-corrected chi connectivity index (χ0v) is 18.6. The first-order valence-corrected chi connectivity index (χ1v) is 10.4. The molecule has 0 unspecified atom stereocenters. The smallest absolute Gasteiger partial charge is 0.175 e. The second kappa shape index (κ2) is 11.4. The zero-order valence-electron chi connectivity index (χ0n) is 15.4. The van der Waals surface area contributed by atoms with Crippen molar-refractivity contribution >= 4 is 39.7 Å². The minimum Gasteiger partial charge on any atom is -0.490 e. The molecule has 28 heavy (non-hydrogen) atoms. The average Bonchev–Trinajstić information content (AvgIpc) is 3.16. The van der Waals surface area contributed by atoms with E-state index in [0.29, 0.717) is 30.2 Å². The van der Waals surface area contributed by atoms with Gasteiger partial charge in [-0.05, 0) is 58.1 Å². The molecular weight excluding hydrogens is 465 g/mol. The average molecular weight is 487 g/mol. The van der Waals surface area contributed by atoms with Gasteiger partial charge in [0.25, 0.3) is 0 Å². The van der Waals surface area contributed by atoms with E-state index >= 15 is 0 Å². The van der Waals surface area contributed by atoms with Crippen LogP contribution >= 0.6 is 39.7 Å². The van der Waals surface area contributed by atoms with Gasteiger partial charge in [0, 0.05) is 23.5 Å². The molecule has 1 N–H and O–H groups in total. The Morgan fingerprint density at radius 2 is 1.89 bits per heavy atom. The van der Waals surface area contributed by atoms with Gasteiger partial charge < -0.3 is 14.8 Å². The second-order valence-corrected chi connectivity index (χ2v) is 7.79. The van der Waals surface area contributed by atoms with Crippen molar-refractivity contribution < 1.29 is 13.9 Å². The maximum Gasteiger partial charge on any atom is 0.175 e. The van der Waals surface area contributed by atoms with Crippen molar-refractivity contribution in [3.8, 4) is 11.5 Å². The van der Waals surface area contributed by atoms with Crippen molar-refractivity contribution in [2.45, 2.75) is 26.6 Å². The van der Waals surface area contributed by atoms with Crippen molar-refractivity contribution in [3.63, 3.8) is 0 Å². The molecule has 150 valence electrons. The molecule has 0 radical (unpaired) electrons. The molecule has 0 amide bonds. The molecule has 3 aromatic rings. The summed E-state index contributed by atoms with van der Waals surface area (Å²) >= 11 is 5.30. The summed E-state index contributed by atoms with van der Waals surface area (Å²) in [6.07, 6.45) is 0. The number of ether oxygens (including phenoxy) is 2. The molecule has 7 heteroatoms. The molecule has 2 aromatic carbocycles. The van der Waals surface area contributed by atoms with Gasteiger partial charge in [-0.25, -0.2) is 4.39 Å². The van der Waals surface area contributed by atoms with Crippen LogP contribution in [0.15, 0.2) is 58.4 Å². The highest BCUT2D eigenvalue weighted by atomic mass is 79.9. The lowest BCUT2D eigenvalue weighted by Gasteiger charge is -2.16. The van der Waals surface area contributed by atoms with Gasteiger partial charge in [-0.3, -0.25) is 0 Å². The summed E-state index contributed by atoms with van der Waals surface area (Å²) in [5, 5.41) is 5.50. The number of rotatable bonds is 9. The Labute approximate surface area is 183 Å². The summed E-state index contributed by atoms with van der Waals surface area (Å²) in [4.78, 5) is 1.30. The van der Waals surface area contributed by atoms with E-state index in [0.717, 1.165) is 16.6 Å². The van der Waals surface area contributed by atoms with Crippen LogP contribution in [0.4, 0.5) is 4.39 Å². The Morgan fingerprint density at radius 3 is 2.61 bits per heavy atom. The first-order chi connectivity index (χ1) is 13.2. The quantitative estimate of drug-likeness (QED) is 0.383. The van der Waals surface area contributed by atoms with E-state index in [1.807, 2.05) is 25.1 Å². The molecule has 0 aliphatic carbocycles. The van der Waals surface area contributed by atoms with Gasteiger partial charge in [0.15, 0.2) is 11.5 Å². The van der Waals surface area contributed by atoms with Crippen molar-refractivity contribution in [3.05, 3.63) is 80.2 Å². The summed E-state index contributed by atoms with van der Waals surface area (Å²) in [7, 11) is 0. The van der Waals surface area contributed by atoms with Gasteiger partial charge in [0.2, 0.25) is 0 Å². The van der Waals surface area contributed by atoms with Crippen LogP contribution in [0.2, 0.25) is 0 Å². The second-order valence-electron chi connectivity index (χ2n) is 5.90. The highest BCUT2D eigenvalue weighted by molar-refractivity contribution is 9.10. The van der Waals surface area contributed by atoms with E-state index in [1.54, 1.807) is 29.5 Å². The summed E-state index contributed by atoms with van der Waals surface area (Å²) in [6, 6.07) is 14.7. The normalized spacial score (nSPS) is 10.4. The molecule has 0 aliphatic heterocycles. The van der Waals surface area contributed by atoms with Crippen LogP contribution in [-0.4, -0.2) is 6.61 Å². The van der Waals surface area contributed by atoms with Gasteiger partial charge in [-0.15, -0.1) is 23.7 Å². The Balaban J connectivity index is 0.00000280. The van der Waals surface area contributed by atoms with E-state index in [1.165, 1.54) is 10.9 Å². The number of thiophene rings is 1. The summed E-state index contributed by atoms with van der Waals surface area (Å²) < 4.78 is 26.3. The Bertz CT molecular complexity index is 877. The first-order valence-electron chi connectivity index (χ1n) is 8.72. The van der Waals surface area contributed by atoms with Gasteiger partial charge in [0.05, 0.1) is 11.1 Å². The van der Waals surface area contributed by atoms with Crippen molar-refractivity contribution in [1.82, 2.24) is 5.32 Å². The molecule has 0 fully saturated rings. The van der Waals surface area contributed by atoms with Gasteiger partial charge in [-0.1, -0.05) is 24.3 Å². The maximum atomic E-state index is 13.8. The number of halogens is 3. The Hall–Kier alpha value is -1.60.